The van der Waals surface area contributed by atoms with Crippen molar-refractivity contribution in [3.05, 3.63) is 34.6 Å². The molecule has 2 N–H and O–H groups in total. The summed E-state index contributed by atoms with van der Waals surface area (Å²) in [6.45, 7) is 3.26. The second-order valence-electron chi connectivity index (χ2n) is 4.21. The Balaban J connectivity index is 1.81. The first-order valence-electron chi connectivity index (χ1n) is 6.12. The Morgan fingerprint density at radius 1 is 1.45 bits per heavy atom. The summed E-state index contributed by atoms with van der Waals surface area (Å²) in [4.78, 5) is 11.5. The number of halogens is 2. The van der Waals surface area contributed by atoms with Crippen molar-refractivity contribution in [1.29, 1.82) is 0 Å². The van der Waals surface area contributed by atoms with Crippen LogP contribution in [0.2, 0.25) is 0 Å². The number of anilines is 1. The molecule has 6 nitrogen and oxygen atoms in total. The molecule has 0 aliphatic rings. The van der Waals surface area contributed by atoms with E-state index in [1.807, 2.05) is 6.92 Å². The molecular weight excluding hydrogens is 327 g/mol. The van der Waals surface area contributed by atoms with Crippen LogP contribution in [0.25, 0.3) is 11.0 Å². The van der Waals surface area contributed by atoms with Crippen LogP contribution in [0.4, 0.5) is 10.3 Å². The van der Waals surface area contributed by atoms with E-state index in [9.17, 15) is 4.39 Å². The first-order chi connectivity index (χ1) is 9.67. The lowest BCUT2D eigenvalue weighted by atomic mass is 10.3. The fraction of sp³-hybridized carbons (Fsp3) is 0.250. The Morgan fingerprint density at radius 2 is 2.30 bits per heavy atom. The summed E-state index contributed by atoms with van der Waals surface area (Å²) in [7, 11) is 0. The van der Waals surface area contributed by atoms with Gasteiger partial charge in [0.1, 0.15) is 18.0 Å². The quantitative estimate of drug-likeness (QED) is 0.767. The molecule has 0 bridgehead atoms. The van der Waals surface area contributed by atoms with Gasteiger partial charge in [-0.2, -0.15) is 5.10 Å². The van der Waals surface area contributed by atoms with Gasteiger partial charge in [0.05, 0.1) is 22.1 Å². The molecular formula is C12H12BrFN6. The number of fused-ring (bicyclic) bond motifs is 1. The highest BCUT2D eigenvalue weighted by atomic mass is 79.9. The van der Waals surface area contributed by atoms with Gasteiger partial charge in [-0.05, 0) is 28.9 Å². The lowest BCUT2D eigenvalue weighted by molar-refractivity contribution is 0.621. The van der Waals surface area contributed by atoms with Gasteiger partial charge < -0.3 is 10.3 Å². The first-order valence-corrected chi connectivity index (χ1v) is 6.92. The van der Waals surface area contributed by atoms with Gasteiger partial charge in [-0.3, -0.25) is 0 Å². The van der Waals surface area contributed by atoms with Gasteiger partial charge in [0, 0.05) is 12.6 Å². The van der Waals surface area contributed by atoms with Crippen LogP contribution in [0.1, 0.15) is 12.7 Å². The second kappa shape index (κ2) is 5.20. The maximum atomic E-state index is 13.4. The molecule has 0 aliphatic carbocycles. The van der Waals surface area contributed by atoms with Gasteiger partial charge in [0.15, 0.2) is 0 Å². The lowest BCUT2D eigenvalue weighted by Gasteiger charge is -2.03. The van der Waals surface area contributed by atoms with E-state index in [0.29, 0.717) is 28.0 Å². The fourth-order valence-electron chi connectivity index (χ4n) is 1.94. The average Bonchev–Trinajstić information content (AvgIpc) is 3.02. The van der Waals surface area contributed by atoms with E-state index >= 15 is 0 Å². The molecule has 20 heavy (non-hydrogen) atoms. The number of rotatable bonds is 4. The van der Waals surface area contributed by atoms with Gasteiger partial charge in [-0.25, -0.2) is 19.0 Å². The highest BCUT2D eigenvalue weighted by Gasteiger charge is 2.08. The lowest BCUT2D eigenvalue weighted by Crippen LogP contribution is -2.09. The first kappa shape index (κ1) is 13.0. The highest BCUT2D eigenvalue weighted by molar-refractivity contribution is 9.10. The fourth-order valence-corrected chi connectivity index (χ4v) is 2.27. The SMILES string of the molecule is CCn1ncnc1CNc1nc2cc(Br)c(F)cc2[nH]1. The van der Waals surface area contributed by atoms with Crippen LogP contribution in [0.15, 0.2) is 22.9 Å². The van der Waals surface area contributed by atoms with Gasteiger partial charge in [-0.1, -0.05) is 0 Å². The van der Waals surface area contributed by atoms with Crippen LogP contribution in [0.3, 0.4) is 0 Å². The molecule has 0 atom stereocenters. The van der Waals surface area contributed by atoms with Crippen LogP contribution in [-0.2, 0) is 13.1 Å². The average molecular weight is 339 g/mol. The van der Waals surface area contributed by atoms with Crippen molar-refractivity contribution in [3.8, 4) is 0 Å². The summed E-state index contributed by atoms with van der Waals surface area (Å²) in [6.07, 6.45) is 1.52. The molecule has 2 aromatic heterocycles. The standard InChI is InChI=1S/C12H12BrFN6/c1-2-20-11(16-6-17-20)5-15-12-18-9-3-7(13)8(14)4-10(9)19-12/h3-4,6H,2,5H2,1H3,(H2,15,18,19). The Bertz CT molecular complexity index is 711. The van der Waals surface area contributed by atoms with E-state index in [2.05, 4.69) is 41.3 Å². The van der Waals surface area contributed by atoms with Gasteiger partial charge >= 0.3 is 0 Å². The number of hydrogen-bond acceptors (Lipinski definition) is 4. The number of aromatic amines is 1. The summed E-state index contributed by atoms with van der Waals surface area (Å²) >= 11 is 3.14. The molecule has 0 spiro atoms. The molecule has 0 saturated carbocycles. The third-order valence-corrected chi connectivity index (χ3v) is 3.54. The Morgan fingerprint density at radius 3 is 3.10 bits per heavy atom. The minimum absolute atomic E-state index is 0.321. The van der Waals surface area contributed by atoms with Crippen LogP contribution in [0.5, 0.6) is 0 Å². The van der Waals surface area contributed by atoms with E-state index in [-0.39, 0.29) is 5.82 Å². The number of benzene rings is 1. The number of aryl methyl sites for hydroxylation is 1. The van der Waals surface area contributed by atoms with E-state index in [4.69, 9.17) is 0 Å². The zero-order chi connectivity index (χ0) is 14.1. The molecule has 0 fully saturated rings. The molecule has 0 saturated heterocycles. The molecule has 2 heterocycles. The van der Waals surface area contributed by atoms with E-state index < -0.39 is 0 Å². The van der Waals surface area contributed by atoms with E-state index in [0.717, 1.165) is 12.4 Å². The van der Waals surface area contributed by atoms with Gasteiger partial charge in [-0.15, -0.1) is 0 Å². The highest BCUT2D eigenvalue weighted by Crippen LogP contribution is 2.23. The minimum atomic E-state index is -0.321. The number of nitrogens with one attached hydrogen (secondary N) is 2. The number of imidazole rings is 1. The van der Waals surface area contributed by atoms with Gasteiger partial charge in [0.25, 0.3) is 0 Å². The topological polar surface area (TPSA) is 71.4 Å². The Labute approximate surface area is 122 Å². The van der Waals surface area contributed by atoms with Crippen molar-refractivity contribution in [1.82, 2.24) is 24.7 Å². The Kier molecular flexibility index (Phi) is 3.39. The molecule has 0 radical (unpaired) electrons. The molecule has 0 unspecified atom stereocenters. The second-order valence-corrected chi connectivity index (χ2v) is 5.07. The van der Waals surface area contributed by atoms with Gasteiger partial charge in [0.2, 0.25) is 5.95 Å². The molecule has 104 valence electrons. The van der Waals surface area contributed by atoms with Crippen LogP contribution in [-0.4, -0.2) is 24.7 Å². The smallest absolute Gasteiger partial charge is 0.201 e. The molecule has 0 amide bonds. The number of H-pyrrole nitrogens is 1. The van der Waals surface area contributed by atoms with Crippen molar-refractivity contribution >= 4 is 32.9 Å². The monoisotopic (exact) mass is 338 g/mol. The van der Waals surface area contributed by atoms with E-state index in [1.165, 1.54) is 12.4 Å². The summed E-state index contributed by atoms with van der Waals surface area (Å²) in [5.74, 6) is 1.07. The predicted octanol–water partition coefficient (Wildman–Crippen LogP) is 2.69. The van der Waals surface area contributed by atoms with Crippen molar-refractivity contribution in [3.63, 3.8) is 0 Å². The largest absolute Gasteiger partial charge is 0.349 e. The summed E-state index contributed by atoms with van der Waals surface area (Å²) in [5, 5.41) is 7.21. The molecule has 8 heteroatoms. The zero-order valence-corrected chi connectivity index (χ0v) is 12.3. The molecule has 3 rings (SSSR count). The third-order valence-electron chi connectivity index (χ3n) is 2.93. The molecule has 0 aliphatic heterocycles. The van der Waals surface area contributed by atoms with Crippen LogP contribution >= 0.6 is 15.9 Å². The van der Waals surface area contributed by atoms with Crippen molar-refractivity contribution in [2.45, 2.75) is 20.0 Å². The molecule has 3 aromatic rings. The maximum Gasteiger partial charge on any atom is 0.201 e. The normalized spacial score (nSPS) is 11.2. The summed E-state index contributed by atoms with van der Waals surface area (Å²) < 4.78 is 15.6. The van der Waals surface area contributed by atoms with Crippen LogP contribution < -0.4 is 5.32 Å². The van der Waals surface area contributed by atoms with E-state index in [1.54, 1.807) is 10.7 Å². The van der Waals surface area contributed by atoms with Crippen molar-refractivity contribution < 1.29 is 4.39 Å². The van der Waals surface area contributed by atoms with Crippen molar-refractivity contribution in [2.24, 2.45) is 0 Å². The number of aromatic nitrogens is 5. The predicted molar refractivity (Wildman–Crippen MR) is 76.8 cm³/mol. The molecule has 1 aromatic carbocycles. The summed E-state index contributed by atoms with van der Waals surface area (Å²) in [6, 6.07) is 3.05. The summed E-state index contributed by atoms with van der Waals surface area (Å²) in [5.41, 5.74) is 1.34. The Hall–Kier alpha value is -1.96. The zero-order valence-electron chi connectivity index (χ0n) is 10.7. The third kappa shape index (κ3) is 2.38. The maximum absolute atomic E-state index is 13.4. The number of hydrogen-bond donors (Lipinski definition) is 2. The minimum Gasteiger partial charge on any atom is -0.349 e. The number of nitrogens with zero attached hydrogens (tertiary/aromatic N) is 4. The van der Waals surface area contributed by atoms with Crippen molar-refractivity contribution in [2.75, 3.05) is 5.32 Å². The van der Waals surface area contributed by atoms with Crippen LogP contribution in [0, 0.1) is 5.82 Å².